The van der Waals surface area contributed by atoms with Gasteiger partial charge in [0.1, 0.15) is 97.5 Å². The number of hydrogen-bond donors (Lipinski definition) is 14. The van der Waals surface area contributed by atoms with E-state index in [0.29, 0.717) is 0 Å². The lowest BCUT2D eigenvalue weighted by Gasteiger charge is -2.49. The summed E-state index contributed by atoms with van der Waals surface area (Å²) >= 11 is 0. The molecule has 14 N–H and O–H groups in total. The van der Waals surface area contributed by atoms with Crippen LogP contribution in [0.15, 0.2) is 0 Å². The van der Waals surface area contributed by atoms with Crippen molar-refractivity contribution in [3.63, 3.8) is 0 Å². The molecule has 4 aliphatic heterocycles. The Bertz CT molecular complexity index is 1140. The number of carbonyl (C=O) groups is 2. The first-order valence-corrected chi connectivity index (χ1v) is 16.1. The zero-order valence-corrected chi connectivity index (χ0v) is 27.4. The smallest absolute Gasteiger partial charge is 0.217 e. The van der Waals surface area contributed by atoms with Crippen molar-refractivity contribution in [2.45, 2.75) is 137 Å². The molecule has 2 amide bonds. The van der Waals surface area contributed by atoms with E-state index in [2.05, 4.69) is 10.6 Å². The van der Waals surface area contributed by atoms with E-state index in [1.165, 1.54) is 0 Å². The van der Waals surface area contributed by atoms with Gasteiger partial charge in [0.05, 0.1) is 26.4 Å². The molecule has 4 rings (SSSR count). The van der Waals surface area contributed by atoms with Gasteiger partial charge < -0.3 is 105 Å². The van der Waals surface area contributed by atoms with Crippen molar-refractivity contribution in [3.05, 3.63) is 0 Å². The molecule has 0 saturated carbocycles. The fourth-order valence-corrected chi connectivity index (χ4v) is 6.24. The fourth-order valence-electron chi connectivity index (χ4n) is 6.24. The highest BCUT2D eigenvalue weighted by molar-refractivity contribution is 5.73. The maximum absolute atomic E-state index is 11.9. The zero-order valence-electron chi connectivity index (χ0n) is 27.4. The molecular formula is C28H48N2O21. The summed E-state index contributed by atoms with van der Waals surface area (Å²) < 4.78 is 39.3. The van der Waals surface area contributed by atoms with Crippen molar-refractivity contribution in [2.24, 2.45) is 0 Å². The molecule has 0 spiro atoms. The molecule has 0 aromatic rings. The Kier molecular flexibility index (Phi) is 14.8. The van der Waals surface area contributed by atoms with E-state index in [9.17, 15) is 70.9 Å². The predicted octanol–water partition coefficient (Wildman–Crippen LogP) is -9.46. The van der Waals surface area contributed by atoms with E-state index in [-0.39, 0.29) is 0 Å². The Labute approximate surface area is 289 Å². The molecule has 1 unspecified atom stereocenters. The third-order valence-electron chi connectivity index (χ3n) is 8.99. The van der Waals surface area contributed by atoms with Gasteiger partial charge in [0.25, 0.3) is 0 Å². The van der Waals surface area contributed by atoms with Gasteiger partial charge in [-0.25, -0.2) is 0 Å². The van der Waals surface area contributed by atoms with Crippen molar-refractivity contribution < 1.29 is 104 Å². The molecule has 0 bridgehead atoms. The minimum atomic E-state index is -2.04. The second kappa shape index (κ2) is 18.0. The predicted molar refractivity (Wildman–Crippen MR) is 157 cm³/mol. The third kappa shape index (κ3) is 9.29. The summed E-state index contributed by atoms with van der Waals surface area (Å²) in [4.78, 5) is 23.7. The SMILES string of the molecule is CC(=O)N[C@H]1[C@H](OC[C@H]2O[C@H](O[C@@H]3[C@H](O[C@@H]4O[C@H](CO)[C@@H](O)[C@H](O)[C@H]4NC(C)=O)[C@@H](O)C(O)O[C@@H]3CO)[C@H](O)[C@@H](O)[C@@H]2O)O[C@H](CO)[C@@H](O)[C@@H]1O. The van der Waals surface area contributed by atoms with Crippen molar-refractivity contribution >= 4 is 11.8 Å². The van der Waals surface area contributed by atoms with Crippen molar-refractivity contribution in [1.29, 1.82) is 0 Å². The normalized spacial score (nSPS) is 47.8. The van der Waals surface area contributed by atoms with Gasteiger partial charge in [0.15, 0.2) is 25.2 Å². The molecule has 23 heteroatoms. The first-order chi connectivity index (χ1) is 24.0. The van der Waals surface area contributed by atoms with Gasteiger partial charge in [-0.2, -0.15) is 0 Å². The minimum absolute atomic E-state index is 0.649. The molecule has 51 heavy (non-hydrogen) atoms. The lowest BCUT2D eigenvalue weighted by Crippen LogP contribution is -2.69. The molecule has 0 aliphatic carbocycles. The van der Waals surface area contributed by atoms with Crippen LogP contribution in [0.2, 0.25) is 0 Å². The maximum atomic E-state index is 11.9. The number of ether oxygens (including phenoxy) is 7. The van der Waals surface area contributed by atoms with E-state index < -0.39 is 161 Å². The monoisotopic (exact) mass is 748 g/mol. The van der Waals surface area contributed by atoms with Gasteiger partial charge in [-0.1, -0.05) is 0 Å². The van der Waals surface area contributed by atoms with E-state index in [1.807, 2.05) is 0 Å². The van der Waals surface area contributed by atoms with Gasteiger partial charge >= 0.3 is 0 Å². The van der Waals surface area contributed by atoms with Crippen molar-refractivity contribution in [3.8, 4) is 0 Å². The summed E-state index contributed by atoms with van der Waals surface area (Å²) in [6.07, 6.45) is -31.5. The minimum Gasteiger partial charge on any atom is -0.394 e. The zero-order chi connectivity index (χ0) is 37.9. The Morgan fingerprint density at radius 1 is 0.510 bits per heavy atom. The Hall–Kier alpha value is -1.82. The summed E-state index contributed by atoms with van der Waals surface area (Å²) in [5, 5.41) is 129. The second-order valence-corrected chi connectivity index (χ2v) is 12.7. The van der Waals surface area contributed by atoms with Gasteiger partial charge in [0, 0.05) is 13.8 Å². The first-order valence-electron chi connectivity index (χ1n) is 16.1. The van der Waals surface area contributed by atoms with E-state index in [4.69, 9.17) is 33.2 Å². The molecule has 0 radical (unpaired) electrons. The summed E-state index contributed by atoms with van der Waals surface area (Å²) in [6.45, 7) is -1.01. The number of carbonyl (C=O) groups excluding carboxylic acids is 2. The van der Waals surface area contributed by atoms with Gasteiger partial charge in [0.2, 0.25) is 11.8 Å². The van der Waals surface area contributed by atoms with Crippen LogP contribution in [0.25, 0.3) is 0 Å². The van der Waals surface area contributed by atoms with E-state index in [0.717, 1.165) is 13.8 Å². The van der Waals surface area contributed by atoms with Crippen LogP contribution in [-0.2, 0) is 42.7 Å². The van der Waals surface area contributed by atoms with Gasteiger partial charge in [-0.15, -0.1) is 0 Å². The molecule has 0 aromatic heterocycles. The Morgan fingerprint density at radius 2 is 0.961 bits per heavy atom. The van der Waals surface area contributed by atoms with Crippen molar-refractivity contribution in [1.82, 2.24) is 10.6 Å². The summed E-state index contributed by atoms with van der Waals surface area (Å²) in [5.74, 6) is -1.36. The quantitative estimate of drug-likeness (QED) is 0.0881. The van der Waals surface area contributed by atoms with Crippen LogP contribution in [0.1, 0.15) is 13.8 Å². The van der Waals surface area contributed by atoms with Crippen LogP contribution in [-0.4, -0.2) is 222 Å². The van der Waals surface area contributed by atoms with Crippen LogP contribution >= 0.6 is 0 Å². The van der Waals surface area contributed by atoms with Crippen molar-refractivity contribution in [2.75, 3.05) is 26.4 Å². The number of nitrogens with one attached hydrogen (secondary N) is 2. The molecule has 4 saturated heterocycles. The average Bonchev–Trinajstić information content (AvgIpc) is 3.09. The number of amides is 2. The highest BCUT2D eigenvalue weighted by Crippen LogP contribution is 2.33. The van der Waals surface area contributed by atoms with Crippen LogP contribution in [0.5, 0.6) is 0 Å². The molecule has 0 aromatic carbocycles. The Morgan fingerprint density at radius 3 is 1.47 bits per heavy atom. The standard InChI is InChI=1S/C28H48N2O21/c1-7(34)29-13-18(39)15(36)9(3-31)47-26(13)45-6-12-17(38)20(41)21(42)28(49-12)50-23-11(5-33)46-25(44)22(43)24(23)51-27-14(30-8(2)35)19(40)16(37)10(4-32)48-27/h9-28,31-33,36-44H,3-6H2,1-2H3,(H,29,34)(H,30,35)/t9-,10-,11-,12-,13-,14-,15-,16-,17-,18-,19-,20+,21-,22-,23+,24-,25?,26-,27+,28-/m1/s1. The lowest BCUT2D eigenvalue weighted by molar-refractivity contribution is -0.379. The average molecular weight is 749 g/mol. The molecule has 23 nitrogen and oxygen atoms in total. The maximum Gasteiger partial charge on any atom is 0.217 e. The van der Waals surface area contributed by atoms with Crippen LogP contribution < -0.4 is 10.6 Å². The highest BCUT2D eigenvalue weighted by Gasteiger charge is 2.55. The molecule has 296 valence electrons. The number of aliphatic hydroxyl groups excluding tert-OH is 12. The summed E-state index contributed by atoms with van der Waals surface area (Å²) in [7, 11) is 0. The van der Waals surface area contributed by atoms with E-state index in [1.54, 1.807) is 0 Å². The summed E-state index contributed by atoms with van der Waals surface area (Å²) in [6, 6.07) is -2.91. The van der Waals surface area contributed by atoms with E-state index >= 15 is 0 Å². The third-order valence-corrected chi connectivity index (χ3v) is 8.99. The second-order valence-electron chi connectivity index (χ2n) is 12.7. The molecule has 4 fully saturated rings. The van der Waals surface area contributed by atoms with Crippen LogP contribution in [0, 0.1) is 0 Å². The molecule has 20 atom stereocenters. The summed E-state index contributed by atoms with van der Waals surface area (Å²) in [5.41, 5.74) is 0. The number of aliphatic hydroxyl groups is 12. The molecule has 4 aliphatic rings. The molecule has 4 heterocycles. The van der Waals surface area contributed by atoms with Crippen LogP contribution in [0.4, 0.5) is 0 Å². The highest BCUT2D eigenvalue weighted by atomic mass is 16.8. The molecular weight excluding hydrogens is 700 g/mol. The van der Waals surface area contributed by atoms with Gasteiger partial charge in [-0.05, 0) is 0 Å². The number of rotatable bonds is 12. The largest absolute Gasteiger partial charge is 0.394 e. The Balaban J connectivity index is 1.56. The van der Waals surface area contributed by atoms with Crippen LogP contribution in [0.3, 0.4) is 0 Å². The lowest BCUT2D eigenvalue weighted by atomic mass is 9.95. The number of hydrogen-bond acceptors (Lipinski definition) is 21. The topological polar surface area (TPSA) is 366 Å². The first kappa shape index (κ1) is 41.9. The van der Waals surface area contributed by atoms with Gasteiger partial charge in [-0.3, -0.25) is 9.59 Å². The fraction of sp³-hybridized carbons (Fsp3) is 0.929.